The lowest BCUT2D eigenvalue weighted by Crippen LogP contribution is -2.61. The van der Waals surface area contributed by atoms with E-state index in [0.29, 0.717) is 11.3 Å². The molecule has 4 N–H and O–H groups in total. The van der Waals surface area contributed by atoms with Gasteiger partial charge in [0.25, 0.3) is 5.91 Å². The average molecular weight is 669 g/mol. The number of esters is 2. The topological polar surface area (TPSA) is 194 Å². The number of hydrogen-bond donors (Lipinski definition) is 4. The third-order valence-corrected chi connectivity index (χ3v) is 5.72. The Kier molecular flexibility index (Phi) is 14.5. The second kappa shape index (κ2) is 18.0. The third kappa shape index (κ3) is 13.9. The van der Waals surface area contributed by atoms with Crippen molar-refractivity contribution in [1.29, 1.82) is 0 Å². The van der Waals surface area contributed by atoms with Crippen molar-refractivity contribution in [3.63, 3.8) is 0 Å². The van der Waals surface area contributed by atoms with Crippen LogP contribution in [0.1, 0.15) is 67.4 Å². The molecule has 260 valence electrons. The van der Waals surface area contributed by atoms with E-state index in [-0.39, 0.29) is 5.69 Å². The Morgan fingerprint density at radius 1 is 0.854 bits per heavy atom. The molecule has 15 heteroatoms. The van der Waals surface area contributed by atoms with E-state index in [2.05, 4.69) is 26.5 Å². The van der Waals surface area contributed by atoms with Crippen molar-refractivity contribution in [1.82, 2.24) is 16.1 Å². The van der Waals surface area contributed by atoms with Crippen LogP contribution in [0.15, 0.2) is 59.7 Å². The Labute approximate surface area is 279 Å². The van der Waals surface area contributed by atoms with Crippen LogP contribution < -0.4 is 26.3 Å². The molecule has 0 saturated heterocycles. The fourth-order valence-electron chi connectivity index (χ4n) is 4.01. The molecule has 0 radical (unpaired) electrons. The highest BCUT2D eigenvalue weighted by atomic mass is 16.6. The summed E-state index contributed by atoms with van der Waals surface area (Å²) in [7, 11) is 0. The highest BCUT2D eigenvalue weighted by molar-refractivity contribution is 6.06. The summed E-state index contributed by atoms with van der Waals surface area (Å²) < 4.78 is 15.7. The van der Waals surface area contributed by atoms with Gasteiger partial charge in [-0.15, -0.1) is 0 Å². The molecule has 0 aliphatic carbocycles. The summed E-state index contributed by atoms with van der Waals surface area (Å²) in [6.45, 7) is 12.8. The molecule has 0 saturated carbocycles. The first kappa shape index (κ1) is 38.7. The minimum atomic E-state index is -1.73. The van der Waals surface area contributed by atoms with Gasteiger partial charge < -0.3 is 30.2 Å². The summed E-state index contributed by atoms with van der Waals surface area (Å²) in [5.41, 5.74) is 2.63. The fraction of sp³-hybridized carbons (Fsp3) is 0.424. The van der Waals surface area contributed by atoms with Gasteiger partial charge in [0, 0.05) is 18.3 Å². The Morgan fingerprint density at radius 3 is 2.00 bits per heavy atom. The van der Waals surface area contributed by atoms with E-state index in [4.69, 9.17) is 14.2 Å². The predicted octanol–water partition coefficient (Wildman–Crippen LogP) is 3.82. The number of para-hydroxylation sites is 1. The normalized spacial score (nSPS) is 12.5. The lowest BCUT2D eigenvalue weighted by Gasteiger charge is -2.33. The van der Waals surface area contributed by atoms with Crippen LogP contribution in [0.5, 0.6) is 0 Å². The molecule has 0 aliphatic rings. The number of carbonyl (C=O) groups is 6. The average Bonchev–Trinajstić information content (AvgIpc) is 2.96. The molecule has 0 aromatic heterocycles. The summed E-state index contributed by atoms with van der Waals surface area (Å²) in [6.07, 6.45) is -2.72. The molecule has 0 spiro atoms. The summed E-state index contributed by atoms with van der Waals surface area (Å²) in [6, 6.07) is 11.9. The van der Waals surface area contributed by atoms with Crippen molar-refractivity contribution in [3.8, 4) is 0 Å². The zero-order valence-electron chi connectivity index (χ0n) is 28.4. The molecule has 0 unspecified atom stereocenters. The van der Waals surface area contributed by atoms with Gasteiger partial charge in [-0.3, -0.25) is 19.3 Å². The molecule has 0 fully saturated rings. The van der Waals surface area contributed by atoms with E-state index in [9.17, 15) is 28.8 Å². The van der Waals surface area contributed by atoms with E-state index < -0.39 is 72.3 Å². The van der Waals surface area contributed by atoms with Gasteiger partial charge in [0.15, 0.2) is 0 Å². The molecule has 2 aromatic rings. The van der Waals surface area contributed by atoms with E-state index >= 15 is 0 Å². The molecule has 48 heavy (non-hydrogen) atoms. The first-order chi connectivity index (χ1) is 22.4. The maximum Gasteiger partial charge on any atom is 0.428 e. The quantitative estimate of drug-likeness (QED) is 0.0807. The number of anilines is 2. The largest absolute Gasteiger partial charge is 0.463 e. The van der Waals surface area contributed by atoms with Gasteiger partial charge in [0.2, 0.25) is 12.1 Å². The number of urea groups is 1. The van der Waals surface area contributed by atoms with Crippen molar-refractivity contribution in [2.24, 2.45) is 5.10 Å². The summed E-state index contributed by atoms with van der Waals surface area (Å²) >= 11 is 0. The summed E-state index contributed by atoms with van der Waals surface area (Å²) in [4.78, 5) is 78.1. The number of carbonyl (C=O) groups excluding carboxylic acids is 6. The van der Waals surface area contributed by atoms with Gasteiger partial charge in [0.05, 0.1) is 24.8 Å². The molecular formula is C33H44N6O9. The van der Waals surface area contributed by atoms with Crippen LogP contribution >= 0.6 is 0 Å². The number of hydrogen-bond acceptors (Lipinski definition) is 10. The number of nitrogens with one attached hydrogen (secondary N) is 4. The molecule has 2 atom stereocenters. The first-order valence-electron chi connectivity index (χ1n) is 15.2. The molecule has 0 aliphatic heterocycles. The zero-order valence-corrected chi connectivity index (χ0v) is 28.4. The minimum absolute atomic E-state index is 0.171. The maximum atomic E-state index is 14.1. The van der Waals surface area contributed by atoms with E-state index in [1.54, 1.807) is 90.9 Å². The molecule has 0 heterocycles. The van der Waals surface area contributed by atoms with Gasteiger partial charge >= 0.3 is 24.1 Å². The Hall–Kier alpha value is -5.47. The van der Waals surface area contributed by atoms with Gasteiger partial charge in [-0.1, -0.05) is 30.3 Å². The second-order valence-corrected chi connectivity index (χ2v) is 12.0. The smallest absolute Gasteiger partial charge is 0.428 e. The third-order valence-electron chi connectivity index (χ3n) is 5.72. The zero-order chi connectivity index (χ0) is 36.0. The molecule has 5 amide bonds. The second-order valence-electron chi connectivity index (χ2n) is 12.0. The van der Waals surface area contributed by atoms with E-state index in [0.717, 1.165) is 4.90 Å². The highest BCUT2D eigenvalue weighted by Gasteiger charge is 2.39. The van der Waals surface area contributed by atoms with Crippen LogP contribution in [0.3, 0.4) is 0 Å². The molecule has 2 rings (SSSR count). The summed E-state index contributed by atoms with van der Waals surface area (Å²) in [5.74, 6) is -3.23. The number of hydrazone groups is 1. The molecule has 0 bridgehead atoms. The molecule has 15 nitrogen and oxygen atoms in total. The predicted molar refractivity (Wildman–Crippen MR) is 178 cm³/mol. The fourth-order valence-corrected chi connectivity index (χ4v) is 4.01. The van der Waals surface area contributed by atoms with Crippen molar-refractivity contribution in [3.05, 3.63) is 60.2 Å². The molecular weight excluding hydrogens is 624 g/mol. The standard InChI is InChI=1S/C33H44N6O9/c1-20(2)46-27(41)18-26(35-22(5)40)29(42)39(25-12-10-9-11-13-25)28(30(43)47-21(3)4)37-31(44)36-24-16-14-23(15-17-24)19-34-38-32(45)48-33(6,7)8/h9-17,19-21,26,28H,18H2,1-8H3,(H,35,40)(H,38,45)(H2,36,37,44)/t26-,28+/m0/s1. The van der Waals surface area contributed by atoms with Gasteiger partial charge in [-0.25, -0.2) is 19.8 Å². The van der Waals surface area contributed by atoms with Crippen LogP contribution in [0.2, 0.25) is 0 Å². The van der Waals surface area contributed by atoms with Crippen LogP contribution in [-0.2, 0) is 33.4 Å². The number of rotatable bonds is 13. The lowest BCUT2D eigenvalue weighted by molar-refractivity contribution is -0.151. The van der Waals surface area contributed by atoms with Crippen molar-refractivity contribution >= 4 is 53.5 Å². The van der Waals surface area contributed by atoms with Crippen LogP contribution in [0, 0.1) is 0 Å². The van der Waals surface area contributed by atoms with Gasteiger partial charge in [0.1, 0.15) is 11.6 Å². The van der Waals surface area contributed by atoms with Crippen molar-refractivity contribution in [2.45, 2.75) is 91.8 Å². The number of ether oxygens (including phenoxy) is 3. The van der Waals surface area contributed by atoms with Crippen molar-refractivity contribution in [2.75, 3.05) is 10.2 Å². The monoisotopic (exact) mass is 668 g/mol. The van der Waals surface area contributed by atoms with Crippen LogP contribution in [0.25, 0.3) is 0 Å². The lowest BCUT2D eigenvalue weighted by atomic mass is 10.1. The summed E-state index contributed by atoms with van der Waals surface area (Å²) in [5, 5.41) is 11.4. The number of nitrogens with zero attached hydrogens (tertiary/aromatic N) is 2. The SMILES string of the molecule is CC(=O)N[C@@H](CC(=O)OC(C)C)C(=O)N(c1ccccc1)[C@@H](NC(=O)Nc1ccc(C=NNC(=O)OC(C)(C)C)cc1)C(=O)OC(C)C. The van der Waals surface area contributed by atoms with Gasteiger partial charge in [-0.2, -0.15) is 5.10 Å². The molecule has 2 aromatic carbocycles. The van der Waals surface area contributed by atoms with Crippen LogP contribution in [-0.4, -0.2) is 72.1 Å². The minimum Gasteiger partial charge on any atom is -0.463 e. The highest BCUT2D eigenvalue weighted by Crippen LogP contribution is 2.20. The first-order valence-corrected chi connectivity index (χ1v) is 15.2. The van der Waals surface area contributed by atoms with Crippen molar-refractivity contribution < 1.29 is 43.0 Å². The number of benzene rings is 2. The Balaban J connectivity index is 2.35. The van der Waals surface area contributed by atoms with Gasteiger partial charge in [-0.05, 0) is 78.3 Å². The number of amides is 5. The van der Waals surface area contributed by atoms with E-state index in [1.165, 1.54) is 25.3 Å². The Morgan fingerprint density at radius 2 is 1.46 bits per heavy atom. The maximum absolute atomic E-state index is 14.1. The Bertz CT molecular complexity index is 1450. The van der Waals surface area contributed by atoms with E-state index in [1.807, 2.05) is 0 Å². The van der Waals surface area contributed by atoms with Crippen LogP contribution in [0.4, 0.5) is 21.0 Å².